The van der Waals surface area contributed by atoms with Crippen molar-refractivity contribution in [2.45, 2.75) is 20.4 Å². The second-order valence-electron chi connectivity index (χ2n) is 4.33. The van der Waals surface area contributed by atoms with Gasteiger partial charge in [-0.25, -0.2) is 9.48 Å². The number of rotatable bonds is 7. The van der Waals surface area contributed by atoms with Crippen molar-refractivity contribution in [1.29, 1.82) is 0 Å². The molecule has 0 amide bonds. The van der Waals surface area contributed by atoms with Crippen LogP contribution >= 0.6 is 0 Å². The quantitative estimate of drug-likeness (QED) is 0.557. The normalized spacial score (nSPS) is 10.8. The van der Waals surface area contributed by atoms with E-state index in [0.29, 0.717) is 25.5 Å². The van der Waals surface area contributed by atoms with E-state index in [9.17, 15) is 4.79 Å². The Morgan fingerprint density at radius 3 is 2.76 bits per heavy atom. The summed E-state index contributed by atoms with van der Waals surface area (Å²) in [6, 6.07) is 0. The molecule has 0 saturated carbocycles. The summed E-state index contributed by atoms with van der Waals surface area (Å²) in [6.07, 6.45) is 3.47. The zero-order valence-electron chi connectivity index (χ0n) is 12.4. The molecule has 0 bridgehead atoms. The van der Waals surface area contributed by atoms with Crippen LogP contribution in [0.2, 0.25) is 0 Å². The monoisotopic (exact) mass is 293 g/mol. The second kappa shape index (κ2) is 6.98. The number of hydrogen-bond donors (Lipinski definition) is 0. The van der Waals surface area contributed by atoms with E-state index in [2.05, 4.69) is 15.4 Å². The number of nitrogens with zero attached hydrogens (tertiary/aromatic N) is 5. The number of carbonyl (C=O) groups excluding carboxylic acids is 1. The van der Waals surface area contributed by atoms with Crippen LogP contribution in [-0.2, 0) is 23.1 Å². The highest BCUT2D eigenvalue weighted by Gasteiger charge is 2.23. The highest BCUT2D eigenvalue weighted by atomic mass is 16.5. The largest absolute Gasteiger partial charge is 0.461 e. The van der Waals surface area contributed by atoms with Gasteiger partial charge in [0.15, 0.2) is 5.69 Å². The van der Waals surface area contributed by atoms with E-state index in [0.717, 1.165) is 5.56 Å². The molecule has 0 aliphatic rings. The first kappa shape index (κ1) is 15.2. The van der Waals surface area contributed by atoms with Crippen LogP contribution < -0.4 is 0 Å². The van der Waals surface area contributed by atoms with Crippen LogP contribution in [0, 0.1) is 0 Å². The Morgan fingerprint density at radius 1 is 1.33 bits per heavy atom. The van der Waals surface area contributed by atoms with Crippen molar-refractivity contribution < 1.29 is 14.3 Å². The maximum atomic E-state index is 12.0. The molecule has 2 aromatic rings. The third kappa shape index (κ3) is 3.46. The fraction of sp³-hybridized carbons (Fsp3) is 0.538. The van der Waals surface area contributed by atoms with Crippen molar-refractivity contribution in [3.05, 3.63) is 18.1 Å². The fourth-order valence-corrected chi connectivity index (χ4v) is 1.93. The van der Waals surface area contributed by atoms with Crippen molar-refractivity contribution in [2.75, 3.05) is 19.8 Å². The van der Waals surface area contributed by atoms with E-state index in [1.54, 1.807) is 28.7 Å². The van der Waals surface area contributed by atoms with E-state index in [-0.39, 0.29) is 12.3 Å². The van der Waals surface area contributed by atoms with Gasteiger partial charge in [-0.2, -0.15) is 5.10 Å². The Kier molecular flexibility index (Phi) is 5.04. The molecule has 21 heavy (non-hydrogen) atoms. The van der Waals surface area contributed by atoms with Gasteiger partial charge in [-0.1, -0.05) is 5.21 Å². The van der Waals surface area contributed by atoms with Crippen molar-refractivity contribution in [1.82, 2.24) is 24.8 Å². The Balaban J connectivity index is 2.35. The number of ether oxygens (including phenoxy) is 2. The maximum Gasteiger partial charge on any atom is 0.361 e. The molecular formula is C13H19N5O3. The van der Waals surface area contributed by atoms with Crippen LogP contribution in [-0.4, -0.2) is 50.6 Å². The van der Waals surface area contributed by atoms with Gasteiger partial charge in [0, 0.05) is 25.4 Å². The Bertz CT molecular complexity index is 605. The van der Waals surface area contributed by atoms with Crippen LogP contribution in [0.4, 0.5) is 0 Å². The maximum absolute atomic E-state index is 12.0. The lowest BCUT2D eigenvalue weighted by atomic mass is 10.2. The molecule has 0 unspecified atom stereocenters. The van der Waals surface area contributed by atoms with Gasteiger partial charge in [0.25, 0.3) is 0 Å². The number of aryl methyl sites for hydroxylation is 1. The summed E-state index contributed by atoms with van der Waals surface area (Å²) in [5.74, 6) is -0.487. The zero-order chi connectivity index (χ0) is 15.2. The van der Waals surface area contributed by atoms with Gasteiger partial charge < -0.3 is 9.47 Å². The third-order valence-electron chi connectivity index (χ3n) is 2.83. The molecule has 0 saturated heterocycles. The number of aromatic nitrogens is 5. The lowest BCUT2D eigenvalue weighted by Crippen LogP contribution is -2.11. The molecule has 8 nitrogen and oxygen atoms in total. The SMILES string of the molecule is CCOCCn1nnc(C(=O)OCC)c1-c1cnn(C)c1. The van der Waals surface area contributed by atoms with Crippen molar-refractivity contribution in [2.24, 2.45) is 7.05 Å². The molecule has 0 aromatic carbocycles. The van der Waals surface area contributed by atoms with Gasteiger partial charge in [-0.15, -0.1) is 5.10 Å². The van der Waals surface area contributed by atoms with E-state index in [1.807, 2.05) is 14.0 Å². The summed E-state index contributed by atoms with van der Waals surface area (Å²) in [5.41, 5.74) is 1.56. The highest BCUT2D eigenvalue weighted by molar-refractivity contribution is 5.93. The van der Waals surface area contributed by atoms with Crippen LogP contribution in [0.5, 0.6) is 0 Å². The van der Waals surface area contributed by atoms with Gasteiger partial charge in [0.05, 0.1) is 26.0 Å². The zero-order valence-corrected chi connectivity index (χ0v) is 12.4. The average Bonchev–Trinajstić information content (AvgIpc) is 3.05. The topological polar surface area (TPSA) is 84.1 Å². The highest BCUT2D eigenvalue weighted by Crippen LogP contribution is 2.22. The predicted octanol–water partition coefficient (Wildman–Crippen LogP) is 0.892. The molecule has 0 N–H and O–H groups in total. The van der Waals surface area contributed by atoms with Crippen LogP contribution in [0.1, 0.15) is 24.3 Å². The molecule has 0 radical (unpaired) electrons. The molecule has 2 rings (SSSR count). The summed E-state index contributed by atoms with van der Waals surface area (Å²) in [7, 11) is 1.81. The molecule has 8 heteroatoms. The molecule has 0 aliphatic carbocycles. The Morgan fingerprint density at radius 2 is 2.14 bits per heavy atom. The standard InChI is InChI=1S/C13H19N5O3/c1-4-20-7-6-18-12(10-8-14-17(3)9-10)11(15-16-18)13(19)21-5-2/h8-9H,4-7H2,1-3H3. The van der Waals surface area contributed by atoms with Crippen molar-refractivity contribution in [3.63, 3.8) is 0 Å². The average molecular weight is 293 g/mol. The molecule has 0 atom stereocenters. The lowest BCUT2D eigenvalue weighted by molar-refractivity contribution is 0.0520. The van der Waals surface area contributed by atoms with Crippen LogP contribution in [0.3, 0.4) is 0 Å². The predicted molar refractivity (Wildman–Crippen MR) is 74.7 cm³/mol. The summed E-state index contributed by atoms with van der Waals surface area (Å²) in [4.78, 5) is 12.0. The minimum Gasteiger partial charge on any atom is -0.461 e. The molecule has 2 aromatic heterocycles. The minimum atomic E-state index is -0.487. The van der Waals surface area contributed by atoms with E-state index >= 15 is 0 Å². The molecule has 0 spiro atoms. The minimum absolute atomic E-state index is 0.196. The molecule has 0 fully saturated rings. The molecule has 114 valence electrons. The Hall–Kier alpha value is -2.22. The summed E-state index contributed by atoms with van der Waals surface area (Å²) >= 11 is 0. The molecular weight excluding hydrogens is 274 g/mol. The van der Waals surface area contributed by atoms with Gasteiger partial charge >= 0.3 is 5.97 Å². The lowest BCUT2D eigenvalue weighted by Gasteiger charge is -2.06. The third-order valence-corrected chi connectivity index (χ3v) is 2.83. The van der Waals surface area contributed by atoms with Crippen LogP contribution in [0.15, 0.2) is 12.4 Å². The first-order valence-electron chi connectivity index (χ1n) is 6.84. The van der Waals surface area contributed by atoms with Gasteiger partial charge in [0.1, 0.15) is 5.69 Å². The summed E-state index contributed by atoms with van der Waals surface area (Å²) in [6.45, 7) is 5.59. The summed E-state index contributed by atoms with van der Waals surface area (Å²) < 4.78 is 13.6. The number of carbonyl (C=O) groups is 1. The Labute approximate surface area is 122 Å². The van der Waals surface area contributed by atoms with Gasteiger partial charge in [-0.05, 0) is 13.8 Å². The van der Waals surface area contributed by atoms with Gasteiger partial charge in [0.2, 0.25) is 0 Å². The number of esters is 1. The van der Waals surface area contributed by atoms with Crippen molar-refractivity contribution >= 4 is 5.97 Å². The fourth-order valence-electron chi connectivity index (χ4n) is 1.93. The summed E-state index contributed by atoms with van der Waals surface area (Å²) in [5, 5.41) is 12.1. The molecule has 0 aliphatic heterocycles. The first-order valence-corrected chi connectivity index (χ1v) is 6.84. The van der Waals surface area contributed by atoms with Crippen LogP contribution in [0.25, 0.3) is 11.3 Å². The van der Waals surface area contributed by atoms with E-state index in [1.165, 1.54) is 0 Å². The number of hydrogen-bond acceptors (Lipinski definition) is 6. The first-order chi connectivity index (χ1) is 10.2. The smallest absolute Gasteiger partial charge is 0.361 e. The second-order valence-corrected chi connectivity index (χ2v) is 4.33. The van der Waals surface area contributed by atoms with E-state index < -0.39 is 5.97 Å². The molecule has 2 heterocycles. The van der Waals surface area contributed by atoms with Gasteiger partial charge in [-0.3, -0.25) is 4.68 Å². The van der Waals surface area contributed by atoms with E-state index in [4.69, 9.17) is 9.47 Å². The van der Waals surface area contributed by atoms with Crippen molar-refractivity contribution in [3.8, 4) is 11.3 Å².